The Morgan fingerprint density at radius 3 is 1.08 bits per heavy atom. The van der Waals surface area contributed by atoms with Crippen molar-refractivity contribution < 1.29 is 0 Å². The summed E-state index contributed by atoms with van der Waals surface area (Å²) < 4.78 is 0. The van der Waals surface area contributed by atoms with Gasteiger partial charge in [0.1, 0.15) is 7.85 Å². The van der Waals surface area contributed by atoms with Crippen molar-refractivity contribution in [3.05, 3.63) is 200 Å². The lowest BCUT2D eigenvalue weighted by Gasteiger charge is -2.25. The zero-order valence-corrected chi connectivity index (χ0v) is 28.6. The summed E-state index contributed by atoms with van der Waals surface area (Å²) in [6.45, 7) is 0. The SMILES string of the molecule is Bc1c2ccccc2c(-c2cccc(-c3cc(-c4ccccc4)c(-c4ccccc4)c(-c4ccccc4)c3-c3ccccc3)c2)c2ccccc12. The Labute approximate surface area is 300 Å². The first kappa shape index (κ1) is 30.6. The maximum Gasteiger partial charge on any atom is 0.140 e. The first-order valence-corrected chi connectivity index (χ1v) is 17.7. The van der Waals surface area contributed by atoms with Gasteiger partial charge in [0.15, 0.2) is 0 Å². The summed E-state index contributed by atoms with van der Waals surface area (Å²) in [5.41, 5.74) is 15.9. The minimum Gasteiger partial charge on any atom is -0.0735 e. The van der Waals surface area contributed by atoms with E-state index in [0.717, 1.165) is 0 Å². The Bertz CT molecular complexity index is 2600. The van der Waals surface area contributed by atoms with Gasteiger partial charge in [0.25, 0.3) is 0 Å². The minimum atomic E-state index is 1.19. The minimum absolute atomic E-state index is 1.19. The van der Waals surface area contributed by atoms with Crippen molar-refractivity contribution in [2.24, 2.45) is 0 Å². The normalized spacial score (nSPS) is 11.2. The molecule has 0 bridgehead atoms. The van der Waals surface area contributed by atoms with Gasteiger partial charge >= 0.3 is 0 Å². The van der Waals surface area contributed by atoms with Crippen molar-refractivity contribution in [2.45, 2.75) is 0 Å². The highest BCUT2D eigenvalue weighted by molar-refractivity contribution is 6.46. The number of fused-ring (bicyclic) bond motifs is 2. The average Bonchev–Trinajstić information content (AvgIpc) is 3.21. The smallest absolute Gasteiger partial charge is 0.0735 e. The van der Waals surface area contributed by atoms with Gasteiger partial charge in [-0.05, 0) is 100 Å². The molecule has 9 aromatic carbocycles. The van der Waals surface area contributed by atoms with Crippen LogP contribution in [0, 0.1) is 0 Å². The van der Waals surface area contributed by atoms with Crippen molar-refractivity contribution in [1.29, 1.82) is 0 Å². The van der Waals surface area contributed by atoms with Gasteiger partial charge in [0.05, 0.1) is 0 Å². The van der Waals surface area contributed by atoms with Crippen LogP contribution in [0.2, 0.25) is 0 Å². The van der Waals surface area contributed by atoms with E-state index >= 15 is 0 Å². The van der Waals surface area contributed by atoms with E-state index in [1.807, 2.05) is 0 Å². The van der Waals surface area contributed by atoms with Crippen LogP contribution in [0.3, 0.4) is 0 Å². The van der Waals surface area contributed by atoms with Gasteiger partial charge in [-0.3, -0.25) is 0 Å². The molecule has 0 amide bonds. The van der Waals surface area contributed by atoms with Crippen LogP contribution in [0.15, 0.2) is 200 Å². The van der Waals surface area contributed by atoms with Crippen LogP contribution in [0.4, 0.5) is 0 Å². The van der Waals surface area contributed by atoms with E-state index in [0.29, 0.717) is 0 Å². The lowest BCUT2D eigenvalue weighted by Crippen LogP contribution is -2.07. The van der Waals surface area contributed by atoms with Crippen molar-refractivity contribution in [3.63, 3.8) is 0 Å². The van der Waals surface area contributed by atoms with Crippen molar-refractivity contribution in [3.8, 4) is 66.8 Å². The lowest BCUT2D eigenvalue weighted by atomic mass is 9.78. The summed E-state index contributed by atoms with van der Waals surface area (Å²) in [5, 5.41) is 5.16. The highest BCUT2D eigenvalue weighted by Gasteiger charge is 2.24. The average molecular weight is 647 g/mol. The molecular weight excluding hydrogens is 611 g/mol. The third-order valence-corrected chi connectivity index (χ3v) is 10.3. The molecule has 0 aliphatic heterocycles. The fourth-order valence-corrected chi connectivity index (χ4v) is 7.96. The molecule has 0 saturated carbocycles. The van der Waals surface area contributed by atoms with Gasteiger partial charge in [0.2, 0.25) is 0 Å². The Morgan fingerprint density at radius 2 is 0.588 bits per heavy atom. The summed E-state index contributed by atoms with van der Waals surface area (Å²) in [7, 11) is 2.25. The Morgan fingerprint density at radius 1 is 0.235 bits per heavy atom. The number of hydrogen-bond acceptors (Lipinski definition) is 0. The predicted octanol–water partition coefficient (Wildman–Crippen LogP) is 12.3. The van der Waals surface area contributed by atoms with Crippen molar-refractivity contribution >= 4 is 34.9 Å². The van der Waals surface area contributed by atoms with Gasteiger partial charge in [-0.15, -0.1) is 0 Å². The maximum atomic E-state index is 2.44. The summed E-state index contributed by atoms with van der Waals surface area (Å²) in [6.07, 6.45) is 0. The monoisotopic (exact) mass is 646 g/mol. The highest BCUT2D eigenvalue weighted by atomic mass is 14.3. The zero-order valence-electron chi connectivity index (χ0n) is 28.6. The summed E-state index contributed by atoms with van der Waals surface area (Å²) in [4.78, 5) is 0. The van der Waals surface area contributed by atoms with Crippen molar-refractivity contribution in [2.75, 3.05) is 0 Å². The molecule has 0 aromatic heterocycles. The summed E-state index contributed by atoms with van der Waals surface area (Å²) >= 11 is 0. The maximum absolute atomic E-state index is 2.44. The van der Waals surface area contributed by atoms with E-state index in [1.54, 1.807) is 0 Å². The Balaban J connectivity index is 1.42. The van der Waals surface area contributed by atoms with Gasteiger partial charge in [-0.2, -0.15) is 0 Å². The van der Waals surface area contributed by atoms with Gasteiger partial charge < -0.3 is 0 Å². The molecule has 0 unspecified atom stereocenters. The number of benzene rings is 9. The molecule has 0 saturated heterocycles. The molecule has 9 rings (SSSR count). The first-order chi connectivity index (χ1) is 25.3. The van der Waals surface area contributed by atoms with Gasteiger partial charge in [-0.25, -0.2) is 0 Å². The molecule has 9 aromatic rings. The van der Waals surface area contributed by atoms with E-state index in [9.17, 15) is 0 Å². The molecular formula is C50H35B. The third-order valence-electron chi connectivity index (χ3n) is 10.3. The molecule has 0 nitrogen and oxygen atoms in total. The second-order valence-electron chi connectivity index (χ2n) is 13.2. The van der Waals surface area contributed by atoms with Crippen molar-refractivity contribution in [1.82, 2.24) is 0 Å². The topological polar surface area (TPSA) is 0 Å². The van der Waals surface area contributed by atoms with E-state index in [-0.39, 0.29) is 0 Å². The third kappa shape index (κ3) is 5.45. The van der Waals surface area contributed by atoms with E-state index in [4.69, 9.17) is 0 Å². The summed E-state index contributed by atoms with van der Waals surface area (Å²) in [6, 6.07) is 73.0. The molecule has 51 heavy (non-hydrogen) atoms. The standard InChI is InChI=1S/C50H35B/c51-50-42-30-15-13-28-40(42)46(41-29-14-16-31-43(41)50)39-27-17-26-38(32-39)45-33-44(34-18-5-1-6-19-34)47(35-20-7-2-8-21-35)49(37-24-11-4-12-25-37)48(45)36-22-9-3-10-23-36/h1-33H,51H2. The molecule has 0 spiro atoms. The lowest BCUT2D eigenvalue weighted by molar-refractivity contribution is 1.53. The van der Waals surface area contributed by atoms with Gasteiger partial charge in [-0.1, -0.05) is 194 Å². The number of rotatable bonds is 6. The molecule has 0 aliphatic carbocycles. The van der Waals surface area contributed by atoms with Crippen LogP contribution in [-0.2, 0) is 0 Å². The first-order valence-electron chi connectivity index (χ1n) is 17.7. The van der Waals surface area contributed by atoms with Gasteiger partial charge in [0, 0.05) is 0 Å². The summed E-state index contributed by atoms with van der Waals surface area (Å²) in [5.74, 6) is 0. The molecule has 0 aliphatic rings. The fraction of sp³-hybridized carbons (Fsp3) is 0. The quantitative estimate of drug-likeness (QED) is 0.125. The van der Waals surface area contributed by atoms with Crippen LogP contribution in [0.25, 0.3) is 88.3 Å². The second kappa shape index (κ2) is 13.1. The van der Waals surface area contributed by atoms with Crippen LogP contribution in [-0.4, -0.2) is 7.85 Å². The van der Waals surface area contributed by atoms with Crippen LogP contribution in [0.5, 0.6) is 0 Å². The van der Waals surface area contributed by atoms with Crippen LogP contribution < -0.4 is 5.46 Å². The molecule has 238 valence electrons. The number of hydrogen-bond donors (Lipinski definition) is 0. The van der Waals surface area contributed by atoms with Crippen LogP contribution >= 0.6 is 0 Å². The Hall–Kier alpha value is -6.44. The van der Waals surface area contributed by atoms with Crippen LogP contribution in [0.1, 0.15) is 0 Å². The van der Waals surface area contributed by atoms with E-state index < -0.39 is 0 Å². The molecule has 0 radical (unpaired) electrons. The highest BCUT2D eigenvalue weighted by Crippen LogP contribution is 2.50. The molecule has 0 N–H and O–H groups in total. The molecule has 0 heterocycles. The molecule has 0 atom stereocenters. The zero-order chi connectivity index (χ0) is 34.1. The van der Waals surface area contributed by atoms with E-state index in [2.05, 4.69) is 208 Å². The second-order valence-corrected chi connectivity index (χ2v) is 13.2. The predicted molar refractivity (Wildman–Crippen MR) is 222 cm³/mol. The molecule has 0 fully saturated rings. The molecule has 1 heteroatoms. The Kier molecular flexibility index (Phi) is 7.87. The fourth-order valence-electron chi connectivity index (χ4n) is 7.96. The largest absolute Gasteiger partial charge is 0.140 e. The van der Waals surface area contributed by atoms with E-state index in [1.165, 1.54) is 93.8 Å².